The zero-order chi connectivity index (χ0) is 14.5. The van der Waals surface area contributed by atoms with Gasteiger partial charge in [-0.25, -0.2) is 4.79 Å². The molecule has 0 bridgehead atoms. The summed E-state index contributed by atoms with van der Waals surface area (Å²) < 4.78 is 4.82. The van der Waals surface area contributed by atoms with E-state index >= 15 is 0 Å². The van der Waals surface area contributed by atoms with E-state index in [1.807, 2.05) is 0 Å². The van der Waals surface area contributed by atoms with Gasteiger partial charge in [-0.05, 0) is 37.7 Å². The number of unbranched alkanes of at least 4 members (excludes halogenated alkanes) is 1. The number of carbonyl (C=O) groups excluding carboxylic acids is 2. The van der Waals surface area contributed by atoms with Crippen LogP contribution in [0.15, 0.2) is 0 Å². The molecule has 1 aliphatic rings. The SMILES string of the molecule is COC(=O)c1c(NC(=O)CCCCO)sc2c1CCC2. The van der Waals surface area contributed by atoms with Gasteiger partial charge in [0.1, 0.15) is 5.00 Å². The van der Waals surface area contributed by atoms with Gasteiger partial charge in [-0.3, -0.25) is 4.79 Å². The van der Waals surface area contributed by atoms with E-state index in [4.69, 9.17) is 9.84 Å². The smallest absolute Gasteiger partial charge is 0.341 e. The molecule has 0 aliphatic heterocycles. The lowest BCUT2D eigenvalue weighted by atomic mass is 10.1. The van der Waals surface area contributed by atoms with Gasteiger partial charge < -0.3 is 15.2 Å². The predicted molar refractivity (Wildman–Crippen MR) is 77.3 cm³/mol. The van der Waals surface area contributed by atoms with Crippen molar-refractivity contribution in [2.45, 2.75) is 38.5 Å². The quantitative estimate of drug-likeness (QED) is 0.623. The number of carbonyl (C=O) groups is 2. The van der Waals surface area contributed by atoms with E-state index in [0.29, 0.717) is 29.8 Å². The van der Waals surface area contributed by atoms with Crippen LogP contribution >= 0.6 is 11.3 Å². The lowest BCUT2D eigenvalue weighted by Crippen LogP contribution is -2.14. The first-order valence-electron chi connectivity index (χ1n) is 6.81. The maximum absolute atomic E-state index is 11.9. The van der Waals surface area contributed by atoms with Crippen LogP contribution in [0.25, 0.3) is 0 Å². The summed E-state index contributed by atoms with van der Waals surface area (Å²) in [5, 5.41) is 12.1. The van der Waals surface area contributed by atoms with Gasteiger partial charge in [-0.1, -0.05) is 0 Å². The third kappa shape index (κ3) is 3.19. The van der Waals surface area contributed by atoms with Gasteiger partial charge >= 0.3 is 5.97 Å². The average molecular weight is 297 g/mol. The highest BCUT2D eigenvalue weighted by Gasteiger charge is 2.27. The minimum Gasteiger partial charge on any atom is -0.465 e. The van der Waals surface area contributed by atoms with Gasteiger partial charge in [0, 0.05) is 17.9 Å². The van der Waals surface area contributed by atoms with Crippen LogP contribution in [0.3, 0.4) is 0 Å². The molecule has 2 rings (SSSR count). The Kier molecular flexibility index (Phi) is 5.14. The number of aliphatic hydroxyl groups is 1. The van der Waals surface area contributed by atoms with Crippen molar-refractivity contribution in [2.24, 2.45) is 0 Å². The van der Waals surface area contributed by atoms with E-state index in [1.54, 1.807) is 0 Å². The first-order valence-corrected chi connectivity index (χ1v) is 7.62. The molecular formula is C14H19NO4S. The second-order valence-electron chi connectivity index (χ2n) is 4.78. The molecule has 1 aliphatic carbocycles. The van der Waals surface area contributed by atoms with Crippen LogP contribution < -0.4 is 5.32 Å². The number of rotatable bonds is 6. The van der Waals surface area contributed by atoms with Crippen LogP contribution in [-0.2, 0) is 22.4 Å². The van der Waals surface area contributed by atoms with Crippen LogP contribution in [-0.4, -0.2) is 30.7 Å². The number of aliphatic hydroxyl groups excluding tert-OH is 1. The van der Waals surface area contributed by atoms with Gasteiger partial charge in [-0.15, -0.1) is 11.3 Å². The summed E-state index contributed by atoms with van der Waals surface area (Å²) in [6.45, 7) is 0.0913. The van der Waals surface area contributed by atoms with Crippen LogP contribution in [0.5, 0.6) is 0 Å². The number of ether oxygens (including phenoxy) is 1. The number of hydrogen-bond donors (Lipinski definition) is 2. The lowest BCUT2D eigenvalue weighted by molar-refractivity contribution is -0.116. The maximum Gasteiger partial charge on any atom is 0.341 e. The van der Waals surface area contributed by atoms with E-state index in [9.17, 15) is 9.59 Å². The van der Waals surface area contributed by atoms with Crippen molar-refractivity contribution in [1.29, 1.82) is 0 Å². The number of esters is 1. The summed E-state index contributed by atoms with van der Waals surface area (Å²) in [4.78, 5) is 24.9. The summed E-state index contributed by atoms with van der Waals surface area (Å²) in [6.07, 6.45) is 4.49. The number of amides is 1. The molecule has 1 heterocycles. The number of thiophene rings is 1. The molecule has 0 saturated carbocycles. The fourth-order valence-electron chi connectivity index (χ4n) is 2.40. The first-order chi connectivity index (χ1) is 9.67. The van der Waals surface area contributed by atoms with Crippen molar-refractivity contribution in [3.8, 4) is 0 Å². The molecule has 0 saturated heterocycles. The van der Waals surface area contributed by atoms with E-state index in [-0.39, 0.29) is 18.5 Å². The van der Waals surface area contributed by atoms with E-state index in [0.717, 1.165) is 24.8 Å². The molecule has 0 atom stereocenters. The maximum atomic E-state index is 11.9. The molecule has 20 heavy (non-hydrogen) atoms. The largest absolute Gasteiger partial charge is 0.465 e. The standard InChI is InChI=1S/C14H19NO4S/c1-19-14(18)12-9-5-4-6-10(9)20-13(12)15-11(17)7-2-3-8-16/h16H,2-8H2,1H3,(H,15,17). The highest BCUT2D eigenvalue weighted by Crippen LogP contribution is 2.39. The van der Waals surface area contributed by atoms with E-state index in [2.05, 4.69) is 5.32 Å². The van der Waals surface area contributed by atoms with Gasteiger partial charge in [0.25, 0.3) is 0 Å². The predicted octanol–water partition coefficient (Wildman–Crippen LogP) is 2.12. The number of methoxy groups -OCH3 is 1. The third-order valence-electron chi connectivity index (χ3n) is 3.38. The first kappa shape index (κ1) is 15.0. The molecule has 0 unspecified atom stereocenters. The summed E-state index contributed by atoms with van der Waals surface area (Å²) in [7, 11) is 1.36. The van der Waals surface area contributed by atoms with Crippen molar-refractivity contribution < 1.29 is 19.4 Å². The third-order valence-corrected chi connectivity index (χ3v) is 4.58. The molecule has 1 amide bonds. The molecule has 1 aromatic heterocycles. The second kappa shape index (κ2) is 6.85. The van der Waals surface area contributed by atoms with Gasteiger partial charge in [0.2, 0.25) is 5.91 Å². The molecule has 5 nitrogen and oxygen atoms in total. The fourth-order valence-corrected chi connectivity index (χ4v) is 3.69. The molecule has 0 spiro atoms. The van der Waals surface area contributed by atoms with Crippen LogP contribution in [0.1, 0.15) is 46.5 Å². The molecule has 2 N–H and O–H groups in total. The topological polar surface area (TPSA) is 75.6 Å². The molecule has 0 radical (unpaired) electrons. The lowest BCUT2D eigenvalue weighted by Gasteiger charge is -2.06. The Bertz CT molecular complexity index is 510. The Balaban J connectivity index is 2.11. The van der Waals surface area contributed by atoms with E-state index in [1.165, 1.54) is 23.3 Å². The highest BCUT2D eigenvalue weighted by molar-refractivity contribution is 7.17. The second-order valence-corrected chi connectivity index (χ2v) is 5.89. The van der Waals surface area contributed by atoms with Crippen molar-refractivity contribution in [3.63, 3.8) is 0 Å². The number of anilines is 1. The van der Waals surface area contributed by atoms with Crippen LogP contribution in [0.2, 0.25) is 0 Å². The van der Waals surface area contributed by atoms with Crippen molar-refractivity contribution in [2.75, 3.05) is 19.0 Å². The Labute approximate surface area is 121 Å². The number of aryl methyl sites for hydroxylation is 1. The summed E-state index contributed by atoms with van der Waals surface area (Å²) in [5.74, 6) is -0.501. The summed E-state index contributed by atoms with van der Waals surface area (Å²) in [5.41, 5.74) is 1.56. The Morgan fingerprint density at radius 3 is 2.85 bits per heavy atom. The normalized spacial score (nSPS) is 13.1. The molecule has 110 valence electrons. The number of hydrogen-bond acceptors (Lipinski definition) is 5. The summed E-state index contributed by atoms with van der Waals surface area (Å²) in [6, 6.07) is 0. The summed E-state index contributed by atoms with van der Waals surface area (Å²) >= 11 is 1.48. The average Bonchev–Trinajstić information content (AvgIpc) is 2.98. The van der Waals surface area contributed by atoms with Gasteiger partial charge in [0.05, 0.1) is 12.7 Å². The molecule has 6 heteroatoms. The minimum absolute atomic E-state index is 0.0913. The zero-order valence-corrected chi connectivity index (χ0v) is 12.3. The van der Waals surface area contributed by atoms with Crippen molar-refractivity contribution in [3.05, 3.63) is 16.0 Å². The van der Waals surface area contributed by atoms with Crippen LogP contribution in [0, 0.1) is 0 Å². The molecular weight excluding hydrogens is 278 g/mol. The van der Waals surface area contributed by atoms with Gasteiger partial charge in [0.15, 0.2) is 0 Å². The van der Waals surface area contributed by atoms with Gasteiger partial charge in [-0.2, -0.15) is 0 Å². The minimum atomic E-state index is -0.380. The van der Waals surface area contributed by atoms with Crippen molar-refractivity contribution in [1.82, 2.24) is 0 Å². The molecule has 1 aromatic rings. The monoisotopic (exact) mass is 297 g/mol. The number of nitrogens with one attached hydrogen (secondary N) is 1. The fraction of sp³-hybridized carbons (Fsp3) is 0.571. The Hall–Kier alpha value is -1.40. The molecule has 0 aromatic carbocycles. The number of fused-ring (bicyclic) bond motifs is 1. The Morgan fingerprint density at radius 2 is 2.15 bits per heavy atom. The van der Waals surface area contributed by atoms with Crippen molar-refractivity contribution >= 4 is 28.2 Å². The van der Waals surface area contributed by atoms with E-state index < -0.39 is 0 Å². The van der Waals surface area contributed by atoms with Crippen LogP contribution in [0.4, 0.5) is 5.00 Å². The highest BCUT2D eigenvalue weighted by atomic mass is 32.1. The zero-order valence-electron chi connectivity index (χ0n) is 11.5. The Morgan fingerprint density at radius 1 is 1.35 bits per heavy atom. The molecule has 0 fully saturated rings.